The number of urea groups is 1. The van der Waals surface area contributed by atoms with Crippen molar-refractivity contribution in [2.75, 3.05) is 27.9 Å². The number of fused-ring (bicyclic) bond motifs is 28. The first-order valence-corrected chi connectivity index (χ1v) is 57.1. The molecule has 0 radical (unpaired) electrons. The van der Waals surface area contributed by atoms with Crippen molar-refractivity contribution in [1.82, 2.24) is 10.6 Å². The number of carboxylic acid groups (broad SMARTS) is 1. The number of carbonyl (C=O) groups is 14. The Labute approximate surface area is 888 Å². The summed E-state index contributed by atoms with van der Waals surface area (Å²) in [5.74, 6) is -3.79. The second-order valence-electron chi connectivity index (χ2n) is 57.0. The fourth-order valence-electron chi connectivity index (χ4n) is 39.3. The van der Waals surface area contributed by atoms with E-state index >= 15 is 0 Å². The number of carbonyl (C=O) groups excluding carboxylic acids is 13. The quantitative estimate of drug-likeness (QED) is 0.0605. The van der Waals surface area contributed by atoms with Gasteiger partial charge in [0.15, 0.2) is 46.3 Å². The Morgan fingerprint density at radius 1 is 0.374 bits per heavy atom. The van der Waals surface area contributed by atoms with Crippen molar-refractivity contribution in [2.24, 2.45) is 203 Å². The van der Waals surface area contributed by atoms with E-state index in [9.17, 15) is 72.2 Å². The largest absolute Gasteiger partial charge is 0.478 e. The molecule has 0 aromatic carbocycles. The molecule has 5 N–H and O–H groups in total. The zero-order chi connectivity index (χ0) is 108. The minimum absolute atomic E-state index is 0.00707. The van der Waals surface area contributed by atoms with Crippen LogP contribution in [-0.4, -0.2) is 121 Å². The predicted molar refractivity (Wildman–Crippen MR) is 571 cm³/mol. The summed E-state index contributed by atoms with van der Waals surface area (Å²) < 4.78 is 17.0. The molecular formula is C124H171IN4O18. The van der Waals surface area contributed by atoms with Crippen molar-refractivity contribution in [3.63, 3.8) is 0 Å². The highest BCUT2D eigenvalue weighted by Gasteiger charge is 2.77. The minimum atomic E-state index is -1.19. The molecule has 0 spiro atoms. The molecule has 20 aliphatic rings. The van der Waals surface area contributed by atoms with Crippen LogP contribution < -0.4 is 16.4 Å². The fourth-order valence-corrected chi connectivity index (χ4v) is 40.5. The Kier molecular flexibility index (Phi) is 26.9. The van der Waals surface area contributed by atoms with Crippen LogP contribution in [0.15, 0.2) is 91.3 Å². The van der Waals surface area contributed by atoms with Gasteiger partial charge in [-0.25, -0.2) is 14.4 Å². The van der Waals surface area contributed by atoms with Crippen LogP contribution in [-0.2, 0) is 76.5 Å². The van der Waals surface area contributed by atoms with Crippen molar-refractivity contribution >= 4 is 105 Å². The maximum Gasteiger partial charge on any atom is 0.339 e. The lowest BCUT2D eigenvalue weighted by molar-refractivity contribution is -0.191. The van der Waals surface area contributed by atoms with Gasteiger partial charge in [-0.05, 0) is 346 Å². The highest BCUT2D eigenvalue weighted by molar-refractivity contribution is 14.1. The topological polar surface area (TPSA) is 341 Å². The molecule has 0 saturated heterocycles. The molecule has 12 fully saturated rings. The third-order valence-electron chi connectivity index (χ3n) is 48.6. The Bertz CT molecular complexity index is 5840. The van der Waals surface area contributed by atoms with E-state index in [4.69, 9.17) is 26.5 Å². The molecule has 147 heavy (non-hydrogen) atoms. The number of rotatable bonds is 7. The average Bonchev–Trinajstić information content (AvgIpc) is 0.711. The van der Waals surface area contributed by atoms with Gasteiger partial charge in [-0.3, -0.25) is 52.7 Å². The SMILES string of the molecule is COC(=O)[C@]12CCC(C)(C)C[C@H]1[C@H]1C(=O)C=C3[C@@]4(C)C=C(C(=O)O)C(=O)[C@@H](C)[C@@H]4CC[C@@]3(C)[C@]1(C)CC2.COC(=O)[C@]12CCC(C)(C)C[C@H]1[C@H]1C(=O)C=C3[C@@]4(C)C=C(C(N)=O)C(=O)[C@@H](C)[C@@H]4CC[C@@]3(C)[C@]1(C)CC2.COC(=O)[C@]12CCC(C)(C)C[C@H]1[C@H]1C(=O)C=C3[C@@]4(C)C=C(I)C(=O)[C@@H](C)[C@@H]4CC[C@@]3(C)[C@]1(C)CC2.[C-]#[N+]C1=C[C@]2(C)C3=CC(=O)[C@@H]4[C@@H]5CC(C)(C)CC[C@]5(NC(=O)NCC)CC[C@@]4(C)[C@]3(C)CC[C@H]2[C@H](C)C1=O. The predicted octanol–water partition coefficient (Wildman–Crippen LogP) is 23.6. The second kappa shape index (κ2) is 35.9. The average molecular weight is 2130 g/mol. The first-order valence-electron chi connectivity index (χ1n) is 56.0. The van der Waals surface area contributed by atoms with Gasteiger partial charge < -0.3 is 40.5 Å². The lowest BCUT2D eigenvalue weighted by Crippen LogP contribution is -2.70. The number of hydrogen-bond acceptors (Lipinski definition) is 17. The van der Waals surface area contributed by atoms with Crippen LogP contribution in [0.1, 0.15) is 353 Å². The molecule has 0 aliphatic heterocycles. The summed E-state index contributed by atoms with van der Waals surface area (Å²) in [6.45, 7) is 63.2. The van der Waals surface area contributed by atoms with Crippen molar-refractivity contribution < 1.29 is 86.4 Å². The summed E-state index contributed by atoms with van der Waals surface area (Å²) in [7, 11) is 4.44. The van der Waals surface area contributed by atoms with E-state index in [1.165, 1.54) is 26.9 Å². The Morgan fingerprint density at radius 2 is 0.646 bits per heavy atom. The van der Waals surface area contributed by atoms with E-state index in [0.717, 1.165) is 194 Å². The summed E-state index contributed by atoms with van der Waals surface area (Å²) in [5.41, 5.74) is 4.05. The van der Waals surface area contributed by atoms with E-state index in [-0.39, 0.29) is 252 Å². The number of ether oxygens (including phenoxy) is 3. The maximum atomic E-state index is 14.4. The van der Waals surface area contributed by atoms with Gasteiger partial charge >= 0.3 is 29.9 Å². The first kappa shape index (κ1) is 110. The number of nitrogens with one attached hydrogen (secondary N) is 2. The molecule has 0 aromatic heterocycles. The number of Topliss-reactive ketones (excluding diaryl/α,β-unsaturated/α-hetero) is 4. The summed E-state index contributed by atoms with van der Waals surface area (Å²) in [6, 6.07) is -0.128. The summed E-state index contributed by atoms with van der Waals surface area (Å²) in [6.07, 6.45) is 39.2. The molecule has 0 bridgehead atoms. The molecule has 0 unspecified atom stereocenters. The number of amides is 3. The van der Waals surface area contributed by atoms with Crippen LogP contribution in [0.4, 0.5) is 4.79 Å². The zero-order valence-electron chi connectivity index (χ0n) is 93.7. The van der Waals surface area contributed by atoms with Gasteiger partial charge in [0.1, 0.15) is 0 Å². The van der Waals surface area contributed by atoms with Crippen LogP contribution >= 0.6 is 22.6 Å². The fraction of sp³-hybridized carbons (Fsp3) is 0.750. The third-order valence-corrected chi connectivity index (χ3v) is 49.4. The monoisotopic (exact) mass is 2130 g/mol. The van der Waals surface area contributed by atoms with Gasteiger partial charge in [-0.1, -0.05) is 213 Å². The molecule has 12 saturated carbocycles. The molecule has 802 valence electrons. The smallest absolute Gasteiger partial charge is 0.339 e. The molecule has 22 nitrogen and oxygen atoms in total. The van der Waals surface area contributed by atoms with Gasteiger partial charge in [0, 0.05) is 81.1 Å². The van der Waals surface area contributed by atoms with Crippen molar-refractivity contribution in [1.29, 1.82) is 0 Å². The number of primary amides is 1. The lowest BCUT2D eigenvalue weighted by atomic mass is 9.35. The Hall–Kier alpha value is -7.88. The Balaban J connectivity index is 0.000000134. The standard InChI is InChI=1S/C32H45N3O3.C31H43NO5.C31H42O6.C30H41IO4/c1-9-34-27(38)35-32-14-12-28(3,4)17-21(32)25-23(36)16-24-29(5)18-22(33-8)26(37)19(2)20(29)10-11-30(24,6)31(25,7)13-15-32;1-17-19-8-9-29(5)22(28(19,4)15-18(24(17)34)25(32)35)14-21(33)23-20-16-27(2,3)10-12-31(20,26(36)37-7)13-11-30(23,29)6;1-17-19-8-9-29(5)22(28(19,4)15-18(24(17)33)25(34)35)14-21(32)23-20-16-27(2,3)10-12-31(20,26(36)37-7)13-11-30(23,29)6;1-17-18-8-9-28(5)22(27(18,4)16-20(31)24(17)33)14-21(32)23-19-15-26(2,3)10-12-30(19,25(34)35-7)13-11-29(23,28)6/h16,18-21,25H,9-15,17H2,1-7H3,(H2,34,35,38);14-15,17,19-20,23H,8-13,16H2,1-7H3,(H2,32,35);14-15,17,19-20,23H,8-13,16H2,1-7H3,(H,34,35);14,16-19,23H,8-13,15H2,1-7H3/t19-,20-,21-,25-,29-,30+,31+,32-;2*17-,19-,20-,23-,28-,29+,30+,31-;17-,18-,19-,23-,27-,28+,29+,30-/m0000/s1. The van der Waals surface area contributed by atoms with Crippen LogP contribution in [0.2, 0.25) is 0 Å². The summed E-state index contributed by atoms with van der Waals surface area (Å²) in [5, 5.41) is 16.2. The Morgan fingerprint density at radius 3 is 0.966 bits per heavy atom. The molecule has 0 aromatic rings. The molecule has 20 aliphatic carbocycles. The lowest BCUT2D eigenvalue weighted by Gasteiger charge is -2.68. The molecule has 0 heterocycles. The van der Waals surface area contributed by atoms with E-state index < -0.39 is 50.3 Å². The zero-order valence-corrected chi connectivity index (χ0v) is 95.8. The number of esters is 3. The van der Waals surface area contributed by atoms with Gasteiger partial charge in [0.05, 0.1) is 58.9 Å². The number of aliphatic carboxylic acids is 1. The molecule has 20 rings (SSSR count). The van der Waals surface area contributed by atoms with E-state index in [1.807, 2.05) is 65.0 Å². The number of ketones is 8. The highest BCUT2D eigenvalue weighted by atomic mass is 127. The molecule has 23 heteroatoms. The van der Waals surface area contributed by atoms with Crippen molar-refractivity contribution in [3.05, 3.63) is 103 Å². The van der Waals surface area contributed by atoms with Crippen LogP contribution in [0, 0.1) is 204 Å². The molecular weight excluding hydrogens is 1960 g/mol. The first-order chi connectivity index (χ1) is 68.0. The number of carboxylic acids is 1. The molecule has 3 amide bonds. The number of nitrogens with zero attached hydrogens (tertiary/aromatic N) is 1. The number of halogens is 1. The van der Waals surface area contributed by atoms with E-state index in [1.54, 1.807) is 12.2 Å². The van der Waals surface area contributed by atoms with Gasteiger partial charge in [-0.15, -0.1) is 0 Å². The number of methoxy groups -OCH3 is 3. The molecule has 32 atom stereocenters. The van der Waals surface area contributed by atoms with Crippen LogP contribution in [0.3, 0.4) is 0 Å². The van der Waals surface area contributed by atoms with E-state index in [2.05, 4.69) is 183 Å². The number of nitrogens with two attached hydrogens (primary N) is 1. The van der Waals surface area contributed by atoms with Crippen molar-refractivity contribution in [2.45, 2.75) is 358 Å². The normalized spacial score (nSPS) is 46.6. The van der Waals surface area contributed by atoms with Crippen LogP contribution in [0.25, 0.3) is 4.85 Å². The third kappa shape index (κ3) is 15.5. The van der Waals surface area contributed by atoms with Gasteiger partial charge in [0.25, 0.3) is 5.91 Å². The van der Waals surface area contributed by atoms with E-state index in [0.29, 0.717) is 13.0 Å². The maximum absolute atomic E-state index is 14.4. The van der Waals surface area contributed by atoms with Crippen LogP contribution in [0.5, 0.6) is 0 Å². The number of allylic oxidation sites excluding steroid dienone is 14. The summed E-state index contributed by atoms with van der Waals surface area (Å²) in [4.78, 5) is 190. The summed E-state index contributed by atoms with van der Waals surface area (Å²) >= 11 is 2.20. The van der Waals surface area contributed by atoms with Gasteiger partial charge in [0.2, 0.25) is 5.70 Å². The minimum Gasteiger partial charge on any atom is -0.478 e. The highest BCUT2D eigenvalue weighted by Crippen LogP contribution is 2.81. The second-order valence-corrected chi connectivity index (χ2v) is 58.1. The van der Waals surface area contributed by atoms with Crippen molar-refractivity contribution in [3.8, 4) is 0 Å². The number of hydrogen-bond donors (Lipinski definition) is 4. The van der Waals surface area contributed by atoms with Gasteiger partial charge in [-0.2, -0.15) is 0 Å².